The second-order valence-corrected chi connectivity index (χ2v) is 6.37. The average Bonchev–Trinajstić information content (AvgIpc) is 2.63. The van der Waals surface area contributed by atoms with Crippen molar-refractivity contribution >= 4 is 40.7 Å². The molecule has 0 atom stereocenters. The summed E-state index contributed by atoms with van der Waals surface area (Å²) in [4.78, 5) is 25.9. The first-order valence-electron chi connectivity index (χ1n) is 7.85. The van der Waals surface area contributed by atoms with Crippen molar-refractivity contribution in [1.29, 1.82) is 0 Å². The Kier molecular flexibility index (Phi) is 7.42. The fourth-order valence-corrected chi connectivity index (χ4v) is 2.62. The highest BCUT2D eigenvalue weighted by molar-refractivity contribution is 6.42. The lowest BCUT2D eigenvalue weighted by Crippen LogP contribution is -2.35. The topological polar surface area (TPSA) is 67.9 Å². The SMILES string of the molecule is COc1cccc(C(=O)N(C)CC(=O)Nc2ccc(Cl)c(Cl)c2)c1OC(F)F. The molecule has 150 valence electrons. The number of ether oxygens (including phenoxy) is 2. The van der Waals surface area contributed by atoms with Gasteiger partial charge in [-0.1, -0.05) is 29.3 Å². The molecule has 0 fully saturated rings. The fraction of sp³-hybridized carbons (Fsp3) is 0.222. The molecule has 2 aromatic rings. The van der Waals surface area contributed by atoms with Gasteiger partial charge in [-0.25, -0.2) is 0 Å². The highest BCUT2D eigenvalue weighted by atomic mass is 35.5. The van der Waals surface area contributed by atoms with E-state index in [0.717, 1.165) is 4.90 Å². The molecule has 0 heterocycles. The molecular formula is C18H16Cl2F2N2O4. The molecule has 6 nitrogen and oxygen atoms in total. The van der Waals surface area contributed by atoms with Crippen molar-refractivity contribution in [2.24, 2.45) is 0 Å². The number of hydrogen-bond acceptors (Lipinski definition) is 4. The molecule has 0 unspecified atom stereocenters. The number of nitrogens with one attached hydrogen (secondary N) is 1. The second kappa shape index (κ2) is 9.57. The van der Waals surface area contributed by atoms with E-state index in [1.165, 1.54) is 44.5 Å². The van der Waals surface area contributed by atoms with Crippen molar-refractivity contribution in [1.82, 2.24) is 4.90 Å². The van der Waals surface area contributed by atoms with Gasteiger partial charge in [0, 0.05) is 12.7 Å². The molecule has 28 heavy (non-hydrogen) atoms. The Morgan fingerprint density at radius 3 is 2.50 bits per heavy atom. The van der Waals surface area contributed by atoms with E-state index in [4.69, 9.17) is 27.9 Å². The van der Waals surface area contributed by atoms with E-state index in [-0.39, 0.29) is 22.9 Å². The Morgan fingerprint density at radius 2 is 1.89 bits per heavy atom. The van der Waals surface area contributed by atoms with Crippen LogP contribution in [0.15, 0.2) is 36.4 Å². The maximum absolute atomic E-state index is 12.7. The number of alkyl halides is 2. The molecule has 0 radical (unpaired) electrons. The monoisotopic (exact) mass is 432 g/mol. The van der Waals surface area contributed by atoms with E-state index < -0.39 is 24.2 Å². The lowest BCUT2D eigenvalue weighted by atomic mass is 10.1. The normalized spacial score (nSPS) is 10.5. The molecule has 1 N–H and O–H groups in total. The molecule has 0 aliphatic rings. The minimum absolute atomic E-state index is 0.0280. The molecule has 0 aromatic heterocycles. The number of rotatable bonds is 7. The van der Waals surface area contributed by atoms with Gasteiger partial charge in [-0.05, 0) is 30.3 Å². The molecule has 0 aliphatic carbocycles. The molecule has 0 spiro atoms. The Labute approximate surface area is 169 Å². The highest BCUT2D eigenvalue weighted by Gasteiger charge is 2.23. The summed E-state index contributed by atoms with van der Waals surface area (Å²) in [6, 6.07) is 8.65. The van der Waals surface area contributed by atoms with E-state index in [0.29, 0.717) is 10.7 Å². The molecule has 0 saturated heterocycles. The highest BCUT2D eigenvalue weighted by Crippen LogP contribution is 2.33. The van der Waals surface area contributed by atoms with Gasteiger partial charge in [0.25, 0.3) is 5.91 Å². The summed E-state index contributed by atoms with van der Waals surface area (Å²) < 4.78 is 34.8. The summed E-state index contributed by atoms with van der Waals surface area (Å²) in [5, 5.41) is 3.15. The van der Waals surface area contributed by atoms with Crippen LogP contribution >= 0.6 is 23.2 Å². The van der Waals surface area contributed by atoms with E-state index in [1.54, 1.807) is 6.07 Å². The van der Waals surface area contributed by atoms with Gasteiger partial charge in [-0.2, -0.15) is 8.78 Å². The summed E-state index contributed by atoms with van der Waals surface area (Å²) >= 11 is 11.7. The predicted octanol–water partition coefficient (Wildman–Crippen LogP) is 4.31. The number of carbonyl (C=O) groups excluding carboxylic acids is 2. The number of methoxy groups -OCH3 is 1. The van der Waals surface area contributed by atoms with Crippen molar-refractivity contribution in [3.8, 4) is 11.5 Å². The lowest BCUT2D eigenvalue weighted by molar-refractivity contribution is -0.116. The molecule has 2 rings (SSSR count). The van der Waals surface area contributed by atoms with E-state index in [2.05, 4.69) is 10.1 Å². The van der Waals surface area contributed by atoms with Crippen LogP contribution in [-0.2, 0) is 4.79 Å². The van der Waals surface area contributed by atoms with Crippen LogP contribution in [0.4, 0.5) is 14.5 Å². The maximum Gasteiger partial charge on any atom is 0.387 e. The first-order valence-corrected chi connectivity index (χ1v) is 8.60. The van der Waals surface area contributed by atoms with Gasteiger partial charge in [0.15, 0.2) is 11.5 Å². The zero-order valence-corrected chi connectivity index (χ0v) is 16.4. The number of carbonyl (C=O) groups is 2. The number of likely N-dealkylation sites (N-methyl/N-ethyl adjacent to an activating group) is 1. The first-order chi connectivity index (χ1) is 13.2. The minimum atomic E-state index is -3.15. The van der Waals surface area contributed by atoms with Crippen molar-refractivity contribution in [3.05, 3.63) is 52.0 Å². The van der Waals surface area contributed by atoms with Crippen molar-refractivity contribution in [3.63, 3.8) is 0 Å². The molecule has 0 saturated carbocycles. The van der Waals surface area contributed by atoms with Gasteiger partial charge in [-0.3, -0.25) is 9.59 Å². The lowest BCUT2D eigenvalue weighted by Gasteiger charge is -2.20. The third-order valence-electron chi connectivity index (χ3n) is 3.57. The van der Waals surface area contributed by atoms with Crippen LogP contribution in [0, 0.1) is 0 Å². The third kappa shape index (κ3) is 5.46. The van der Waals surface area contributed by atoms with E-state index in [9.17, 15) is 18.4 Å². The van der Waals surface area contributed by atoms with Crippen LogP contribution in [0.25, 0.3) is 0 Å². The van der Waals surface area contributed by atoms with Crippen molar-refractivity contribution in [2.45, 2.75) is 6.61 Å². The van der Waals surface area contributed by atoms with Gasteiger partial charge in [0.2, 0.25) is 5.91 Å². The zero-order valence-electron chi connectivity index (χ0n) is 14.8. The average molecular weight is 433 g/mol. The van der Waals surface area contributed by atoms with Crippen LogP contribution < -0.4 is 14.8 Å². The second-order valence-electron chi connectivity index (χ2n) is 5.55. The van der Waals surface area contributed by atoms with Crippen molar-refractivity contribution < 1.29 is 27.8 Å². The smallest absolute Gasteiger partial charge is 0.387 e. The molecule has 10 heteroatoms. The largest absolute Gasteiger partial charge is 0.493 e. The zero-order chi connectivity index (χ0) is 20.8. The van der Waals surface area contributed by atoms with E-state index >= 15 is 0 Å². The third-order valence-corrected chi connectivity index (χ3v) is 4.31. The molecule has 2 aromatic carbocycles. The molecule has 0 bridgehead atoms. The summed E-state index contributed by atoms with van der Waals surface area (Å²) in [5.74, 6) is -1.64. The van der Waals surface area contributed by atoms with Crippen LogP contribution in [0.5, 0.6) is 11.5 Å². The number of amides is 2. The summed E-state index contributed by atoms with van der Waals surface area (Å²) in [7, 11) is 2.61. The van der Waals surface area contributed by atoms with Gasteiger partial charge in [0.05, 0.1) is 29.3 Å². The number of nitrogens with zero attached hydrogens (tertiary/aromatic N) is 1. The van der Waals surface area contributed by atoms with Gasteiger partial charge >= 0.3 is 6.61 Å². The Morgan fingerprint density at radius 1 is 1.18 bits per heavy atom. The quantitative estimate of drug-likeness (QED) is 0.707. The first kappa shape index (κ1) is 21.7. The summed E-state index contributed by atoms with van der Waals surface area (Å²) in [6.45, 7) is -3.49. The van der Waals surface area contributed by atoms with Crippen molar-refractivity contribution in [2.75, 3.05) is 26.0 Å². The van der Waals surface area contributed by atoms with Crippen LogP contribution in [-0.4, -0.2) is 44.0 Å². The standard InChI is InChI=1S/C18H16Cl2F2N2O4/c1-24(9-15(25)23-10-6-7-12(19)13(20)8-10)17(26)11-4-3-5-14(27-2)16(11)28-18(21)22/h3-8,18H,9H2,1-2H3,(H,23,25). The van der Waals surface area contributed by atoms with Gasteiger partial charge < -0.3 is 19.7 Å². The number of halogens is 4. The number of hydrogen-bond donors (Lipinski definition) is 1. The van der Waals surface area contributed by atoms with E-state index in [1.807, 2.05) is 0 Å². The number of benzene rings is 2. The Hall–Kier alpha value is -2.58. The van der Waals surface area contributed by atoms with Crippen LogP contribution in [0.2, 0.25) is 10.0 Å². The molecule has 0 aliphatic heterocycles. The summed E-state index contributed by atoms with van der Waals surface area (Å²) in [5.41, 5.74) is 0.229. The Balaban J connectivity index is 2.13. The minimum Gasteiger partial charge on any atom is -0.493 e. The summed E-state index contributed by atoms with van der Waals surface area (Å²) in [6.07, 6.45) is 0. The van der Waals surface area contributed by atoms with Gasteiger partial charge in [-0.15, -0.1) is 0 Å². The molecular weight excluding hydrogens is 417 g/mol. The molecule has 2 amide bonds. The van der Waals surface area contributed by atoms with Crippen LogP contribution in [0.3, 0.4) is 0 Å². The predicted molar refractivity (Wildman–Crippen MR) is 102 cm³/mol. The fourth-order valence-electron chi connectivity index (χ4n) is 2.32. The Bertz CT molecular complexity index is 881. The number of para-hydroxylation sites is 1. The van der Waals surface area contributed by atoms with Gasteiger partial charge in [0.1, 0.15) is 0 Å². The number of anilines is 1. The van der Waals surface area contributed by atoms with Crippen LogP contribution in [0.1, 0.15) is 10.4 Å². The maximum atomic E-state index is 12.7.